The Labute approximate surface area is 200 Å². The van der Waals surface area contributed by atoms with Crippen molar-refractivity contribution in [1.29, 1.82) is 0 Å². The summed E-state index contributed by atoms with van der Waals surface area (Å²) in [5.74, 6) is -0.397. The number of nitrogens with zero attached hydrogens (tertiary/aromatic N) is 3. The molecule has 5 nitrogen and oxygen atoms in total. The van der Waals surface area contributed by atoms with E-state index in [4.69, 9.17) is 0 Å². The van der Waals surface area contributed by atoms with E-state index in [0.717, 1.165) is 31.8 Å². The fraction of sp³-hybridized carbons (Fsp3) is 0.222. The van der Waals surface area contributed by atoms with E-state index in [0.29, 0.717) is 27.7 Å². The number of rotatable bonds is 5. The molecule has 1 amide bonds. The number of anilines is 1. The van der Waals surface area contributed by atoms with Crippen molar-refractivity contribution in [2.24, 2.45) is 0 Å². The van der Waals surface area contributed by atoms with Gasteiger partial charge in [-0.25, -0.2) is 4.98 Å². The van der Waals surface area contributed by atoms with Crippen LogP contribution in [0.15, 0.2) is 73.1 Å². The van der Waals surface area contributed by atoms with Gasteiger partial charge in [-0.1, -0.05) is 24.3 Å². The third-order valence-electron chi connectivity index (χ3n) is 6.15. The van der Waals surface area contributed by atoms with E-state index in [1.807, 2.05) is 24.3 Å². The summed E-state index contributed by atoms with van der Waals surface area (Å²) >= 11 is 0. The SMILES string of the molecule is O=C(Nc1ccc(CN2CCCC2)cc1)c1ccc2cncc(-c3cccc(C(F)(F)F)c3)c2n1. The minimum absolute atomic E-state index is 0.165. The van der Waals surface area contributed by atoms with Crippen LogP contribution in [0.3, 0.4) is 0 Å². The molecule has 1 aliphatic heterocycles. The minimum atomic E-state index is -4.46. The highest BCUT2D eigenvalue weighted by atomic mass is 19.4. The molecule has 178 valence electrons. The van der Waals surface area contributed by atoms with Gasteiger partial charge in [0, 0.05) is 35.6 Å². The number of likely N-dealkylation sites (tertiary alicyclic amines) is 1. The summed E-state index contributed by atoms with van der Waals surface area (Å²) in [4.78, 5) is 23.9. The molecule has 0 radical (unpaired) electrons. The maximum Gasteiger partial charge on any atom is 0.416 e. The van der Waals surface area contributed by atoms with Crippen LogP contribution in [0.1, 0.15) is 34.5 Å². The molecular weight excluding hydrogens is 453 g/mol. The summed E-state index contributed by atoms with van der Waals surface area (Å²) in [6.07, 6.45) is 1.04. The Morgan fingerprint density at radius 1 is 0.971 bits per heavy atom. The van der Waals surface area contributed by atoms with Crippen molar-refractivity contribution in [3.05, 3.63) is 89.9 Å². The molecule has 1 N–H and O–H groups in total. The molecule has 3 heterocycles. The molecule has 0 spiro atoms. The maximum atomic E-state index is 13.2. The van der Waals surface area contributed by atoms with Gasteiger partial charge in [-0.15, -0.1) is 0 Å². The number of alkyl halides is 3. The van der Waals surface area contributed by atoms with Gasteiger partial charge in [0.25, 0.3) is 5.91 Å². The Kier molecular flexibility index (Phi) is 6.21. The van der Waals surface area contributed by atoms with Gasteiger partial charge in [0.15, 0.2) is 0 Å². The Balaban J connectivity index is 1.39. The first-order valence-electron chi connectivity index (χ1n) is 11.4. The highest BCUT2D eigenvalue weighted by Gasteiger charge is 2.30. The van der Waals surface area contributed by atoms with Crippen LogP contribution in [0.2, 0.25) is 0 Å². The summed E-state index contributed by atoms with van der Waals surface area (Å²) in [5, 5.41) is 3.48. The number of halogens is 3. The maximum absolute atomic E-state index is 13.2. The molecule has 2 aromatic carbocycles. The number of carbonyl (C=O) groups excluding carboxylic acids is 1. The molecule has 1 fully saturated rings. The van der Waals surface area contributed by atoms with Crippen molar-refractivity contribution in [2.75, 3.05) is 18.4 Å². The highest BCUT2D eigenvalue weighted by molar-refractivity contribution is 6.05. The van der Waals surface area contributed by atoms with Gasteiger partial charge in [-0.05, 0) is 73.5 Å². The Morgan fingerprint density at radius 2 is 1.74 bits per heavy atom. The number of hydrogen-bond acceptors (Lipinski definition) is 4. The largest absolute Gasteiger partial charge is 0.416 e. The number of aromatic nitrogens is 2. The molecule has 4 aromatic rings. The Bertz CT molecular complexity index is 1360. The number of carbonyl (C=O) groups is 1. The fourth-order valence-corrected chi connectivity index (χ4v) is 4.33. The van der Waals surface area contributed by atoms with E-state index in [1.165, 1.54) is 30.7 Å². The van der Waals surface area contributed by atoms with Crippen molar-refractivity contribution in [3.63, 3.8) is 0 Å². The monoisotopic (exact) mass is 476 g/mol. The lowest BCUT2D eigenvalue weighted by molar-refractivity contribution is -0.137. The number of pyridine rings is 2. The summed E-state index contributed by atoms with van der Waals surface area (Å²) in [6.45, 7) is 3.13. The van der Waals surface area contributed by atoms with Gasteiger partial charge in [-0.2, -0.15) is 13.2 Å². The summed E-state index contributed by atoms with van der Waals surface area (Å²) in [6, 6.07) is 16.0. The van der Waals surface area contributed by atoms with Crippen LogP contribution >= 0.6 is 0 Å². The first-order valence-corrected chi connectivity index (χ1v) is 11.4. The number of nitrogens with one attached hydrogen (secondary N) is 1. The summed E-state index contributed by atoms with van der Waals surface area (Å²) in [7, 11) is 0. The molecule has 0 bridgehead atoms. The number of benzene rings is 2. The van der Waals surface area contributed by atoms with Gasteiger partial charge in [-0.3, -0.25) is 14.7 Å². The molecule has 8 heteroatoms. The smallest absolute Gasteiger partial charge is 0.321 e. The normalized spacial score (nSPS) is 14.4. The standard InChI is InChI=1S/C27H23F3N4O/c28-27(29,30)21-5-3-4-19(14-21)23-16-31-15-20-8-11-24(33-25(20)23)26(35)32-22-9-6-18(7-10-22)17-34-12-1-2-13-34/h3-11,14-16H,1-2,12-13,17H2,(H,32,35). The molecule has 0 saturated carbocycles. The number of amides is 1. The van der Waals surface area contributed by atoms with E-state index in [1.54, 1.807) is 24.4 Å². The molecule has 1 aliphatic rings. The molecule has 35 heavy (non-hydrogen) atoms. The highest BCUT2D eigenvalue weighted by Crippen LogP contribution is 2.34. The van der Waals surface area contributed by atoms with Gasteiger partial charge in [0.2, 0.25) is 0 Å². The topological polar surface area (TPSA) is 58.1 Å². The number of hydrogen-bond donors (Lipinski definition) is 1. The third kappa shape index (κ3) is 5.17. The van der Waals surface area contributed by atoms with Gasteiger partial charge in [0.1, 0.15) is 5.69 Å². The van der Waals surface area contributed by atoms with Crippen LogP contribution in [0.5, 0.6) is 0 Å². The van der Waals surface area contributed by atoms with Crippen LogP contribution in [-0.2, 0) is 12.7 Å². The van der Waals surface area contributed by atoms with Crippen LogP contribution in [-0.4, -0.2) is 33.9 Å². The second-order valence-corrected chi connectivity index (χ2v) is 8.67. The van der Waals surface area contributed by atoms with Crippen LogP contribution in [0, 0.1) is 0 Å². The predicted octanol–water partition coefficient (Wildman–Crippen LogP) is 6.16. The van der Waals surface area contributed by atoms with Gasteiger partial charge >= 0.3 is 6.18 Å². The van der Waals surface area contributed by atoms with E-state index < -0.39 is 17.6 Å². The zero-order chi connectivity index (χ0) is 24.4. The Morgan fingerprint density at radius 3 is 2.49 bits per heavy atom. The van der Waals surface area contributed by atoms with Crippen molar-refractivity contribution in [2.45, 2.75) is 25.6 Å². The molecule has 0 atom stereocenters. The van der Waals surface area contributed by atoms with Crippen LogP contribution < -0.4 is 5.32 Å². The van der Waals surface area contributed by atoms with Gasteiger partial charge < -0.3 is 5.32 Å². The Hall–Kier alpha value is -3.78. The van der Waals surface area contributed by atoms with Crippen molar-refractivity contribution < 1.29 is 18.0 Å². The van der Waals surface area contributed by atoms with Crippen LogP contribution in [0.25, 0.3) is 22.0 Å². The van der Waals surface area contributed by atoms with Crippen LogP contribution in [0.4, 0.5) is 18.9 Å². The zero-order valence-corrected chi connectivity index (χ0v) is 18.8. The summed E-state index contributed by atoms with van der Waals surface area (Å²) in [5.41, 5.74) is 2.41. The van der Waals surface area contributed by atoms with E-state index in [2.05, 4.69) is 20.2 Å². The van der Waals surface area contributed by atoms with Gasteiger partial charge in [0.05, 0.1) is 11.1 Å². The minimum Gasteiger partial charge on any atom is -0.321 e. The second-order valence-electron chi connectivity index (χ2n) is 8.67. The first-order chi connectivity index (χ1) is 16.9. The molecular formula is C27H23F3N4O. The van der Waals surface area contributed by atoms with E-state index in [-0.39, 0.29) is 5.69 Å². The lowest BCUT2D eigenvalue weighted by atomic mass is 10.0. The average molecular weight is 477 g/mol. The number of fused-ring (bicyclic) bond motifs is 1. The third-order valence-corrected chi connectivity index (χ3v) is 6.15. The average Bonchev–Trinajstić information content (AvgIpc) is 3.37. The lowest BCUT2D eigenvalue weighted by Crippen LogP contribution is -2.18. The van der Waals surface area contributed by atoms with Crippen molar-refractivity contribution in [3.8, 4) is 11.1 Å². The van der Waals surface area contributed by atoms with Crippen molar-refractivity contribution in [1.82, 2.24) is 14.9 Å². The lowest BCUT2D eigenvalue weighted by Gasteiger charge is -2.15. The summed E-state index contributed by atoms with van der Waals surface area (Å²) < 4.78 is 39.6. The molecule has 1 saturated heterocycles. The predicted molar refractivity (Wildman–Crippen MR) is 129 cm³/mol. The molecule has 0 aliphatic carbocycles. The molecule has 5 rings (SSSR count). The zero-order valence-electron chi connectivity index (χ0n) is 18.8. The van der Waals surface area contributed by atoms with E-state index >= 15 is 0 Å². The van der Waals surface area contributed by atoms with E-state index in [9.17, 15) is 18.0 Å². The fourth-order valence-electron chi connectivity index (χ4n) is 4.33. The molecule has 2 aromatic heterocycles. The second kappa shape index (κ2) is 9.46. The van der Waals surface area contributed by atoms with Crippen molar-refractivity contribution >= 4 is 22.5 Å². The first kappa shape index (κ1) is 23.0. The molecule has 0 unspecified atom stereocenters. The quantitative estimate of drug-likeness (QED) is 0.375.